The van der Waals surface area contributed by atoms with E-state index in [-0.39, 0.29) is 56.9 Å². The van der Waals surface area contributed by atoms with Crippen LogP contribution in [0.25, 0.3) is 0 Å². The number of aliphatic hydroxyl groups excluding tert-OH is 4. The smallest absolute Gasteiger partial charge is 0.245 e. The summed E-state index contributed by atoms with van der Waals surface area (Å²) in [5.41, 5.74) is 0. The number of rotatable bonds is 1. The fourth-order valence-electron chi connectivity index (χ4n) is 3.96. The lowest BCUT2D eigenvalue weighted by Gasteiger charge is -2.33. The summed E-state index contributed by atoms with van der Waals surface area (Å²) in [7, 11) is 0. The molecule has 4 N–H and O–H groups in total. The summed E-state index contributed by atoms with van der Waals surface area (Å²) in [5, 5.41) is 40.3. The Bertz CT molecular complexity index is 634. The Morgan fingerprint density at radius 2 is 1.52 bits per heavy atom. The van der Waals surface area contributed by atoms with Crippen molar-refractivity contribution in [3.8, 4) is 0 Å². The molecule has 2 aliphatic heterocycles. The molecule has 5 atom stereocenters. The molecule has 2 fully saturated rings. The molecule has 0 bridgehead atoms. The maximum atomic E-state index is 13.2. The van der Waals surface area contributed by atoms with Crippen LogP contribution in [-0.4, -0.2) is 129 Å². The van der Waals surface area contributed by atoms with Crippen LogP contribution < -0.4 is 0 Å². The van der Waals surface area contributed by atoms with Gasteiger partial charge in [-0.1, -0.05) is 0 Å². The summed E-state index contributed by atoms with van der Waals surface area (Å²) < 4.78 is 5.35. The minimum absolute atomic E-state index is 0.111. The van der Waals surface area contributed by atoms with E-state index in [9.17, 15) is 34.8 Å². The van der Waals surface area contributed by atoms with E-state index in [1.54, 1.807) is 4.90 Å². The average Bonchev–Trinajstić information content (AvgIpc) is 3.11. The molecule has 11 heteroatoms. The second-order valence-electron chi connectivity index (χ2n) is 8.27. The van der Waals surface area contributed by atoms with Gasteiger partial charge < -0.3 is 39.9 Å². The van der Waals surface area contributed by atoms with Crippen LogP contribution in [0.4, 0.5) is 0 Å². The van der Waals surface area contributed by atoms with E-state index < -0.39 is 30.5 Å². The van der Waals surface area contributed by atoms with E-state index in [4.69, 9.17) is 4.74 Å². The van der Waals surface area contributed by atoms with E-state index in [2.05, 4.69) is 0 Å². The van der Waals surface area contributed by atoms with E-state index in [0.717, 1.165) is 0 Å². The monoisotopic (exact) mass is 445 g/mol. The molecule has 0 aromatic carbocycles. The van der Waals surface area contributed by atoms with E-state index in [1.165, 1.54) is 23.6 Å². The molecule has 2 saturated heterocycles. The number of aliphatic hydroxyl groups is 4. The second kappa shape index (κ2) is 11.7. The minimum atomic E-state index is -1.48. The Hall–Kier alpha value is -1.79. The highest BCUT2D eigenvalue weighted by atomic mass is 16.5. The van der Waals surface area contributed by atoms with Crippen LogP contribution >= 0.6 is 0 Å². The first-order valence-electron chi connectivity index (χ1n) is 10.7. The summed E-state index contributed by atoms with van der Waals surface area (Å²) in [5.74, 6) is -0.927. The van der Waals surface area contributed by atoms with Crippen molar-refractivity contribution in [3.05, 3.63) is 0 Å². The molecule has 2 heterocycles. The fraction of sp³-hybridized carbons (Fsp3) is 0.850. The third kappa shape index (κ3) is 7.11. The molecule has 0 unspecified atom stereocenters. The zero-order valence-electron chi connectivity index (χ0n) is 18.2. The normalized spacial score (nSPS) is 31.9. The number of β-amino-alcohol motifs (C(OH)–C–C–N with tert-alkyl or cyclic N) is 2. The largest absolute Gasteiger partial charge is 0.391 e. The quantitative estimate of drug-likeness (QED) is 0.347. The first-order chi connectivity index (χ1) is 14.6. The van der Waals surface area contributed by atoms with Gasteiger partial charge in [0.1, 0.15) is 24.4 Å². The number of amides is 3. The van der Waals surface area contributed by atoms with Gasteiger partial charge in [0.05, 0.1) is 12.7 Å². The van der Waals surface area contributed by atoms with E-state index in [0.29, 0.717) is 26.0 Å². The van der Waals surface area contributed by atoms with Crippen LogP contribution in [0.3, 0.4) is 0 Å². The van der Waals surface area contributed by atoms with Crippen molar-refractivity contribution in [2.24, 2.45) is 0 Å². The van der Waals surface area contributed by atoms with Crippen molar-refractivity contribution < 1.29 is 39.5 Å². The molecule has 0 saturated carbocycles. The summed E-state index contributed by atoms with van der Waals surface area (Å²) >= 11 is 0. The van der Waals surface area contributed by atoms with Crippen molar-refractivity contribution in [1.29, 1.82) is 0 Å². The lowest BCUT2D eigenvalue weighted by atomic mass is 10.1. The first-order valence-corrected chi connectivity index (χ1v) is 10.7. The van der Waals surface area contributed by atoms with E-state index in [1.807, 2.05) is 0 Å². The maximum absolute atomic E-state index is 13.2. The molecule has 0 spiro atoms. The lowest BCUT2D eigenvalue weighted by molar-refractivity contribution is -0.144. The van der Waals surface area contributed by atoms with Crippen molar-refractivity contribution >= 4 is 17.7 Å². The molecule has 3 amide bonds. The zero-order valence-corrected chi connectivity index (χ0v) is 18.2. The number of carbonyl (C=O) groups is 3. The highest BCUT2D eigenvalue weighted by Gasteiger charge is 2.39. The van der Waals surface area contributed by atoms with Crippen molar-refractivity contribution in [2.75, 3.05) is 45.9 Å². The number of likely N-dealkylation sites (tertiary alicyclic amines) is 1. The minimum Gasteiger partial charge on any atom is -0.391 e. The average molecular weight is 446 g/mol. The van der Waals surface area contributed by atoms with Crippen LogP contribution in [0.2, 0.25) is 0 Å². The van der Waals surface area contributed by atoms with Gasteiger partial charge in [0.15, 0.2) is 0 Å². The van der Waals surface area contributed by atoms with Crippen LogP contribution in [0.5, 0.6) is 0 Å². The third-order valence-electron chi connectivity index (χ3n) is 5.82. The van der Waals surface area contributed by atoms with Gasteiger partial charge in [0, 0.05) is 59.6 Å². The molecule has 0 radical (unpaired) electrons. The molecule has 2 rings (SSSR count). The number of nitrogens with zero attached hydrogens (tertiary/aromatic N) is 3. The zero-order chi connectivity index (χ0) is 23.1. The van der Waals surface area contributed by atoms with Crippen molar-refractivity contribution in [3.63, 3.8) is 0 Å². The molecular weight excluding hydrogens is 410 g/mol. The van der Waals surface area contributed by atoms with Gasteiger partial charge in [-0.2, -0.15) is 0 Å². The highest BCUT2D eigenvalue weighted by molar-refractivity contribution is 5.87. The molecule has 31 heavy (non-hydrogen) atoms. The predicted octanol–water partition coefficient (Wildman–Crippen LogP) is -2.46. The van der Waals surface area contributed by atoms with Crippen LogP contribution in [-0.2, 0) is 19.1 Å². The van der Waals surface area contributed by atoms with Gasteiger partial charge >= 0.3 is 0 Å². The number of ether oxygens (including phenoxy) is 1. The molecule has 0 aliphatic carbocycles. The maximum Gasteiger partial charge on any atom is 0.245 e. The van der Waals surface area contributed by atoms with Gasteiger partial charge in [-0.25, -0.2) is 0 Å². The number of carbonyl (C=O) groups excluding carboxylic acids is 3. The fourth-order valence-corrected chi connectivity index (χ4v) is 3.96. The Kier molecular flexibility index (Phi) is 9.63. The van der Waals surface area contributed by atoms with Gasteiger partial charge in [-0.3, -0.25) is 14.4 Å². The summed E-state index contributed by atoms with van der Waals surface area (Å²) in [6.07, 6.45) is -3.55. The molecular formula is C20H35N3O8. The number of hydrogen-bond donors (Lipinski definition) is 4. The van der Waals surface area contributed by atoms with Crippen molar-refractivity contribution in [2.45, 2.75) is 63.6 Å². The molecule has 0 aromatic heterocycles. The third-order valence-corrected chi connectivity index (χ3v) is 5.82. The highest BCUT2D eigenvalue weighted by Crippen LogP contribution is 2.21. The molecule has 178 valence electrons. The standard InChI is InChI=1S/C20H35N3O8/c1-13(24)22-7-6-21(20(30)16-9-15(26)10-23(16)14(2)25)5-3-4-8-31-12-18(28)19(29)17(27)11-22/h15-19,26-29H,3-12H2,1-2H3/t15-,16+,17+,18-,19-/m1/s1. The van der Waals surface area contributed by atoms with Crippen LogP contribution in [0.15, 0.2) is 0 Å². The van der Waals surface area contributed by atoms with Crippen LogP contribution in [0, 0.1) is 0 Å². The van der Waals surface area contributed by atoms with Crippen molar-refractivity contribution in [1.82, 2.24) is 14.7 Å². The van der Waals surface area contributed by atoms with Gasteiger partial charge in [-0.15, -0.1) is 0 Å². The Balaban J connectivity index is 2.15. The molecule has 0 aromatic rings. The molecule has 2 aliphatic rings. The number of hydrogen-bond acceptors (Lipinski definition) is 8. The second-order valence-corrected chi connectivity index (χ2v) is 8.27. The SMILES string of the molecule is CC(=O)N1CCN(C(=O)[C@@H]2C[C@@H](O)CN2C(C)=O)CCCCOC[C@@H](O)[C@H](O)[C@@H](O)C1. The first kappa shape index (κ1) is 25.5. The molecule has 11 nitrogen and oxygen atoms in total. The Labute approximate surface area is 182 Å². The lowest BCUT2D eigenvalue weighted by Crippen LogP contribution is -2.52. The summed E-state index contributed by atoms with van der Waals surface area (Å²) in [6.45, 7) is 3.39. The predicted molar refractivity (Wildman–Crippen MR) is 109 cm³/mol. The van der Waals surface area contributed by atoms with Gasteiger partial charge in [-0.05, 0) is 12.8 Å². The van der Waals surface area contributed by atoms with Crippen LogP contribution in [0.1, 0.15) is 33.1 Å². The Morgan fingerprint density at radius 1 is 0.839 bits per heavy atom. The van der Waals surface area contributed by atoms with Gasteiger partial charge in [0.25, 0.3) is 0 Å². The summed E-state index contributed by atoms with van der Waals surface area (Å²) in [4.78, 5) is 41.4. The van der Waals surface area contributed by atoms with E-state index >= 15 is 0 Å². The Morgan fingerprint density at radius 3 is 2.16 bits per heavy atom. The summed E-state index contributed by atoms with van der Waals surface area (Å²) in [6, 6.07) is -0.754. The topological polar surface area (TPSA) is 151 Å². The van der Waals surface area contributed by atoms with Gasteiger partial charge in [0.2, 0.25) is 17.7 Å².